The minimum absolute atomic E-state index is 0.0422. The molecule has 1 fully saturated rings. The first-order valence-corrected chi connectivity index (χ1v) is 10.9. The molecule has 160 valence electrons. The minimum atomic E-state index is -0.485. The molecule has 2 aromatic rings. The van der Waals surface area contributed by atoms with Crippen LogP contribution in [-0.2, 0) is 16.1 Å². The van der Waals surface area contributed by atoms with Crippen molar-refractivity contribution >= 4 is 11.8 Å². The molecule has 5 nitrogen and oxygen atoms in total. The number of piperidine rings is 1. The molecule has 1 aliphatic rings. The standard InChI is InChI=1S/C25H32N2O3/c1-3-16-27(24(28)20(2)30-19-21-10-6-4-7-11-21)23-14-17-26(18-15-23)25(29)22-12-8-5-9-13-22/h4-13,20,23H,3,14-19H2,1-2H3. The van der Waals surface area contributed by atoms with E-state index in [4.69, 9.17) is 4.74 Å². The summed E-state index contributed by atoms with van der Waals surface area (Å²) in [6.07, 6.45) is 2.02. The number of hydrogen-bond acceptors (Lipinski definition) is 3. The van der Waals surface area contributed by atoms with Gasteiger partial charge in [0.1, 0.15) is 6.10 Å². The Balaban J connectivity index is 1.55. The molecule has 2 amide bonds. The Kier molecular flexibility index (Phi) is 8.03. The van der Waals surface area contributed by atoms with Gasteiger partial charge in [0.15, 0.2) is 0 Å². The van der Waals surface area contributed by atoms with Crippen LogP contribution in [0.1, 0.15) is 49.0 Å². The lowest BCUT2D eigenvalue weighted by atomic mass is 10.0. The maximum Gasteiger partial charge on any atom is 0.253 e. The highest BCUT2D eigenvalue weighted by molar-refractivity contribution is 5.94. The molecule has 0 aliphatic carbocycles. The van der Waals surface area contributed by atoms with Gasteiger partial charge in [0, 0.05) is 31.2 Å². The maximum atomic E-state index is 13.1. The summed E-state index contributed by atoms with van der Waals surface area (Å²) in [6.45, 7) is 6.41. The van der Waals surface area contributed by atoms with Crippen molar-refractivity contribution in [2.45, 2.75) is 51.9 Å². The lowest BCUT2D eigenvalue weighted by Gasteiger charge is -2.39. The highest BCUT2D eigenvalue weighted by atomic mass is 16.5. The summed E-state index contributed by atoms with van der Waals surface area (Å²) >= 11 is 0. The zero-order chi connectivity index (χ0) is 21.3. The highest BCUT2D eigenvalue weighted by Gasteiger charge is 2.31. The number of ether oxygens (including phenoxy) is 1. The van der Waals surface area contributed by atoms with Gasteiger partial charge in [-0.05, 0) is 43.9 Å². The molecule has 1 aliphatic heterocycles. The number of carbonyl (C=O) groups is 2. The monoisotopic (exact) mass is 408 g/mol. The molecule has 1 heterocycles. The van der Waals surface area contributed by atoms with Crippen LogP contribution in [0.2, 0.25) is 0 Å². The molecule has 3 rings (SSSR count). The van der Waals surface area contributed by atoms with E-state index < -0.39 is 6.10 Å². The fourth-order valence-corrected chi connectivity index (χ4v) is 3.96. The number of amides is 2. The van der Waals surface area contributed by atoms with Crippen molar-refractivity contribution in [2.75, 3.05) is 19.6 Å². The van der Waals surface area contributed by atoms with E-state index in [2.05, 4.69) is 6.92 Å². The number of rotatable bonds is 8. The molecule has 5 heteroatoms. The van der Waals surface area contributed by atoms with Gasteiger partial charge < -0.3 is 14.5 Å². The van der Waals surface area contributed by atoms with E-state index in [1.165, 1.54) is 0 Å². The summed E-state index contributed by atoms with van der Waals surface area (Å²) in [7, 11) is 0. The third-order valence-electron chi connectivity index (χ3n) is 5.65. The number of hydrogen-bond donors (Lipinski definition) is 0. The molecule has 2 aromatic carbocycles. The number of nitrogens with zero attached hydrogens (tertiary/aromatic N) is 2. The van der Waals surface area contributed by atoms with E-state index in [1.54, 1.807) is 0 Å². The van der Waals surface area contributed by atoms with Crippen LogP contribution in [0.3, 0.4) is 0 Å². The molecule has 30 heavy (non-hydrogen) atoms. The van der Waals surface area contributed by atoms with Crippen LogP contribution in [0.15, 0.2) is 60.7 Å². The summed E-state index contributed by atoms with van der Waals surface area (Å²) in [5, 5.41) is 0. The minimum Gasteiger partial charge on any atom is -0.364 e. The van der Waals surface area contributed by atoms with Crippen LogP contribution in [0.5, 0.6) is 0 Å². The van der Waals surface area contributed by atoms with Gasteiger partial charge in [-0.2, -0.15) is 0 Å². The van der Waals surface area contributed by atoms with Crippen LogP contribution in [-0.4, -0.2) is 53.4 Å². The van der Waals surface area contributed by atoms with Gasteiger partial charge in [0.05, 0.1) is 6.61 Å². The average Bonchev–Trinajstić information content (AvgIpc) is 2.81. The lowest BCUT2D eigenvalue weighted by molar-refractivity contribution is -0.146. The summed E-state index contributed by atoms with van der Waals surface area (Å²) < 4.78 is 5.87. The van der Waals surface area contributed by atoms with E-state index in [9.17, 15) is 9.59 Å². The Morgan fingerprint density at radius 3 is 2.23 bits per heavy atom. The molecule has 0 aromatic heterocycles. The molecule has 1 saturated heterocycles. The predicted molar refractivity (Wildman–Crippen MR) is 118 cm³/mol. The van der Waals surface area contributed by atoms with Gasteiger partial charge in [0.25, 0.3) is 11.8 Å². The van der Waals surface area contributed by atoms with Crippen molar-refractivity contribution < 1.29 is 14.3 Å². The van der Waals surface area contributed by atoms with Crippen molar-refractivity contribution in [1.82, 2.24) is 9.80 Å². The largest absolute Gasteiger partial charge is 0.364 e. The van der Waals surface area contributed by atoms with Crippen LogP contribution in [0.25, 0.3) is 0 Å². The van der Waals surface area contributed by atoms with Crippen molar-refractivity contribution in [1.29, 1.82) is 0 Å². The summed E-state index contributed by atoms with van der Waals surface area (Å²) in [5.74, 6) is 0.114. The first-order valence-electron chi connectivity index (χ1n) is 10.9. The fraction of sp³-hybridized carbons (Fsp3) is 0.440. The Morgan fingerprint density at radius 2 is 1.63 bits per heavy atom. The summed E-state index contributed by atoms with van der Waals surface area (Å²) in [5.41, 5.74) is 1.78. The molecule has 0 bridgehead atoms. The second-order valence-electron chi connectivity index (χ2n) is 7.86. The Morgan fingerprint density at radius 1 is 1.03 bits per heavy atom. The molecular formula is C25H32N2O3. The van der Waals surface area contributed by atoms with E-state index >= 15 is 0 Å². The molecule has 1 unspecified atom stereocenters. The number of carbonyl (C=O) groups excluding carboxylic acids is 2. The van der Waals surface area contributed by atoms with Crippen LogP contribution in [0.4, 0.5) is 0 Å². The van der Waals surface area contributed by atoms with Gasteiger partial charge in [-0.15, -0.1) is 0 Å². The highest BCUT2D eigenvalue weighted by Crippen LogP contribution is 2.20. The lowest BCUT2D eigenvalue weighted by Crippen LogP contribution is -2.51. The zero-order valence-electron chi connectivity index (χ0n) is 18.0. The SMILES string of the molecule is CCCN(C(=O)C(C)OCc1ccccc1)C1CCN(C(=O)c2ccccc2)CC1. The van der Waals surface area contributed by atoms with E-state index in [-0.39, 0.29) is 17.9 Å². The van der Waals surface area contributed by atoms with Crippen molar-refractivity contribution in [3.8, 4) is 0 Å². The van der Waals surface area contributed by atoms with Crippen molar-refractivity contribution in [2.24, 2.45) is 0 Å². The maximum absolute atomic E-state index is 13.1. The van der Waals surface area contributed by atoms with E-state index in [0.29, 0.717) is 19.7 Å². The first kappa shape index (κ1) is 22.0. The topological polar surface area (TPSA) is 49.9 Å². The molecule has 0 radical (unpaired) electrons. The van der Waals surface area contributed by atoms with Gasteiger partial charge in [-0.25, -0.2) is 0 Å². The smallest absolute Gasteiger partial charge is 0.253 e. The third-order valence-corrected chi connectivity index (χ3v) is 5.65. The van der Waals surface area contributed by atoms with E-state index in [1.807, 2.05) is 77.4 Å². The molecule has 0 spiro atoms. The molecular weight excluding hydrogens is 376 g/mol. The summed E-state index contributed by atoms with van der Waals surface area (Å²) in [4.78, 5) is 29.7. The average molecular weight is 409 g/mol. The molecule has 1 atom stereocenters. The predicted octanol–water partition coefficient (Wildman–Crippen LogP) is 4.14. The van der Waals surface area contributed by atoms with Gasteiger partial charge in [-0.1, -0.05) is 55.5 Å². The Hall–Kier alpha value is -2.66. The van der Waals surface area contributed by atoms with Gasteiger partial charge >= 0.3 is 0 Å². The first-order chi connectivity index (χ1) is 14.6. The Labute approximate surface area is 179 Å². The Bertz CT molecular complexity index is 802. The van der Waals surface area contributed by atoms with Crippen LogP contribution in [0, 0.1) is 0 Å². The second-order valence-corrected chi connectivity index (χ2v) is 7.86. The van der Waals surface area contributed by atoms with Gasteiger partial charge in [-0.3, -0.25) is 9.59 Å². The van der Waals surface area contributed by atoms with Crippen LogP contribution >= 0.6 is 0 Å². The number of likely N-dealkylation sites (tertiary alicyclic amines) is 1. The third kappa shape index (κ3) is 5.70. The fourth-order valence-electron chi connectivity index (χ4n) is 3.96. The zero-order valence-corrected chi connectivity index (χ0v) is 18.0. The quantitative estimate of drug-likeness (QED) is 0.660. The molecule has 0 saturated carbocycles. The van der Waals surface area contributed by atoms with Crippen LogP contribution < -0.4 is 0 Å². The van der Waals surface area contributed by atoms with Crippen molar-refractivity contribution in [3.63, 3.8) is 0 Å². The molecule has 0 N–H and O–H groups in total. The van der Waals surface area contributed by atoms with Crippen molar-refractivity contribution in [3.05, 3.63) is 71.8 Å². The van der Waals surface area contributed by atoms with Gasteiger partial charge in [0.2, 0.25) is 0 Å². The summed E-state index contributed by atoms with van der Waals surface area (Å²) in [6, 6.07) is 19.5. The normalized spacial score (nSPS) is 15.6. The number of benzene rings is 2. The second kappa shape index (κ2) is 10.9. The van der Waals surface area contributed by atoms with E-state index in [0.717, 1.165) is 36.9 Å².